The molecule has 0 aromatic heterocycles. The number of hydrogen-bond acceptors (Lipinski definition) is 8. The van der Waals surface area contributed by atoms with Crippen molar-refractivity contribution in [3.05, 3.63) is 57.6 Å². The quantitative estimate of drug-likeness (QED) is 0.279. The molecular formula is C19H18N2O7. The number of esters is 1. The highest BCUT2D eigenvalue weighted by molar-refractivity contribution is 5.95. The summed E-state index contributed by atoms with van der Waals surface area (Å²) in [6.45, 7) is 1.95. The highest BCUT2D eigenvalue weighted by Crippen LogP contribution is 2.35. The molecule has 146 valence electrons. The average molecular weight is 386 g/mol. The smallest absolute Gasteiger partial charge is 0.345 e. The number of benzene rings is 2. The molecule has 0 atom stereocenters. The number of carbonyl (C=O) groups is 1. The van der Waals surface area contributed by atoms with Gasteiger partial charge in [0.1, 0.15) is 24.5 Å². The van der Waals surface area contributed by atoms with Gasteiger partial charge in [-0.05, 0) is 31.2 Å². The number of hydrogen-bond donors (Lipinski definition) is 0. The van der Waals surface area contributed by atoms with Gasteiger partial charge >= 0.3 is 5.97 Å². The van der Waals surface area contributed by atoms with Gasteiger partial charge in [0.2, 0.25) is 0 Å². The van der Waals surface area contributed by atoms with Crippen LogP contribution in [0.15, 0.2) is 36.4 Å². The van der Waals surface area contributed by atoms with Crippen LogP contribution < -0.4 is 14.2 Å². The summed E-state index contributed by atoms with van der Waals surface area (Å²) < 4.78 is 20.9. The maximum absolute atomic E-state index is 12.3. The largest absolute Gasteiger partial charge is 0.493 e. The number of nitro groups is 1. The van der Waals surface area contributed by atoms with Gasteiger partial charge in [-0.2, -0.15) is 5.26 Å². The van der Waals surface area contributed by atoms with Crippen LogP contribution in [0.2, 0.25) is 0 Å². The zero-order valence-corrected chi connectivity index (χ0v) is 15.3. The molecule has 9 heteroatoms. The fourth-order valence-electron chi connectivity index (χ4n) is 2.29. The standard InChI is InChI=1S/C19H18N2O7/c1-3-26-18-10-15(16(21(23)24)11-17(18)25-2)19(22)28-9-8-27-14-6-4-13(12-20)5-7-14/h4-7,10-11H,3,8-9H2,1-2H3. The SMILES string of the molecule is CCOc1cc(C(=O)OCCOc2ccc(C#N)cc2)c([N+](=O)[O-])cc1OC. The summed E-state index contributed by atoms with van der Waals surface area (Å²) in [5.41, 5.74) is -0.193. The lowest BCUT2D eigenvalue weighted by Crippen LogP contribution is -2.14. The Hall–Kier alpha value is -3.80. The van der Waals surface area contributed by atoms with E-state index in [1.807, 2.05) is 6.07 Å². The number of nitro benzene ring substituents is 1. The summed E-state index contributed by atoms with van der Waals surface area (Å²) in [5, 5.41) is 20.0. The first-order valence-electron chi connectivity index (χ1n) is 8.29. The molecule has 0 radical (unpaired) electrons. The molecule has 0 spiro atoms. The van der Waals surface area contributed by atoms with E-state index < -0.39 is 16.6 Å². The van der Waals surface area contributed by atoms with E-state index in [2.05, 4.69) is 0 Å². The Morgan fingerprint density at radius 3 is 2.43 bits per heavy atom. The second-order valence-electron chi connectivity index (χ2n) is 5.33. The van der Waals surface area contributed by atoms with E-state index in [1.54, 1.807) is 31.2 Å². The number of carbonyl (C=O) groups excluding carboxylic acids is 1. The fraction of sp³-hybridized carbons (Fsp3) is 0.263. The van der Waals surface area contributed by atoms with E-state index in [0.717, 1.165) is 6.07 Å². The summed E-state index contributed by atoms with van der Waals surface area (Å²) in [7, 11) is 1.35. The van der Waals surface area contributed by atoms with Crippen molar-refractivity contribution in [3.8, 4) is 23.3 Å². The zero-order valence-electron chi connectivity index (χ0n) is 15.3. The maximum atomic E-state index is 12.3. The Morgan fingerprint density at radius 2 is 1.86 bits per heavy atom. The minimum atomic E-state index is -0.876. The molecule has 2 rings (SSSR count). The Bertz CT molecular complexity index is 888. The molecule has 0 aliphatic carbocycles. The van der Waals surface area contributed by atoms with Gasteiger partial charge in [0, 0.05) is 6.07 Å². The highest BCUT2D eigenvalue weighted by Gasteiger charge is 2.25. The van der Waals surface area contributed by atoms with Gasteiger partial charge in [0.15, 0.2) is 11.5 Å². The lowest BCUT2D eigenvalue weighted by molar-refractivity contribution is -0.385. The number of methoxy groups -OCH3 is 1. The van der Waals surface area contributed by atoms with E-state index in [-0.39, 0.29) is 30.3 Å². The average Bonchev–Trinajstić information content (AvgIpc) is 2.71. The second kappa shape index (κ2) is 9.78. The second-order valence-corrected chi connectivity index (χ2v) is 5.33. The van der Waals surface area contributed by atoms with E-state index in [1.165, 1.54) is 13.2 Å². The Balaban J connectivity index is 2.04. The van der Waals surface area contributed by atoms with Crippen LogP contribution in [-0.2, 0) is 4.74 Å². The fourth-order valence-corrected chi connectivity index (χ4v) is 2.29. The van der Waals surface area contributed by atoms with Gasteiger partial charge in [-0.3, -0.25) is 10.1 Å². The van der Waals surface area contributed by atoms with Crippen molar-refractivity contribution in [2.45, 2.75) is 6.92 Å². The van der Waals surface area contributed by atoms with Crippen molar-refractivity contribution in [3.63, 3.8) is 0 Å². The summed E-state index contributed by atoms with van der Waals surface area (Å²) in [5.74, 6) is -0.0199. The Morgan fingerprint density at radius 1 is 1.14 bits per heavy atom. The first-order chi connectivity index (χ1) is 13.5. The molecule has 2 aromatic rings. The van der Waals surface area contributed by atoms with Crippen LogP contribution in [0.25, 0.3) is 0 Å². The van der Waals surface area contributed by atoms with Crippen molar-refractivity contribution in [1.29, 1.82) is 5.26 Å². The van der Waals surface area contributed by atoms with Crippen LogP contribution in [0.3, 0.4) is 0 Å². The number of nitrogens with zero attached hydrogens (tertiary/aromatic N) is 2. The predicted octanol–water partition coefficient (Wildman–Crippen LogP) is 3.11. The summed E-state index contributed by atoms with van der Waals surface area (Å²) in [4.78, 5) is 22.9. The van der Waals surface area contributed by atoms with Gasteiger partial charge in [-0.15, -0.1) is 0 Å². The lowest BCUT2D eigenvalue weighted by Gasteiger charge is -2.12. The highest BCUT2D eigenvalue weighted by atomic mass is 16.6. The summed E-state index contributed by atoms with van der Waals surface area (Å²) in [6, 6.07) is 10.8. The maximum Gasteiger partial charge on any atom is 0.345 e. The molecule has 9 nitrogen and oxygen atoms in total. The summed E-state index contributed by atoms with van der Waals surface area (Å²) >= 11 is 0. The monoisotopic (exact) mass is 386 g/mol. The predicted molar refractivity (Wildman–Crippen MR) is 97.8 cm³/mol. The molecule has 28 heavy (non-hydrogen) atoms. The topological polar surface area (TPSA) is 121 Å². The number of ether oxygens (including phenoxy) is 4. The molecule has 2 aromatic carbocycles. The van der Waals surface area contributed by atoms with E-state index in [4.69, 9.17) is 24.2 Å². The third-order valence-electron chi connectivity index (χ3n) is 3.57. The normalized spacial score (nSPS) is 9.89. The zero-order chi connectivity index (χ0) is 20.5. The van der Waals surface area contributed by atoms with Crippen molar-refractivity contribution in [2.24, 2.45) is 0 Å². The van der Waals surface area contributed by atoms with Crippen LogP contribution in [0, 0.1) is 21.4 Å². The van der Waals surface area contributed by atoms with Gasteiger partial charge < -0.3 is 18.9 Å². The molecule has 0 bridgehead atoms. The van der Waals surface area contributed by atoms with E-state index in [0.29, 0.717) is 17.9 Å². The molecule has 0 saturated heterocycles. The molecular weight excluding hydrogens is 368 g/mol. The minimum absolute atomic E-state index is 0.0416. The molecule has 0 heterocycles. The Labute approximate surface area is 161 Å². The third kappa shape index (κ3) is 5.11. The van der Waals surface area contributed by atoms with E-state index >= 15 is 0 Å². The van der Waals surface area contributed by atoms with Crippen molar-refractivity contribution >= 4 is 11.7 Å². The molecule has 0 N–H and O–H groups in total. The molecule has 0 amide bonds. The van der Waals surface area contributed by atoms with Gasteiger partial charge in [0.05, 0.1) is 36.3 Å². The number of rotatable bonds is 9. The van der Waals surface area contributed by atoms with Crippen molar-refractivity contribution in [2.75, 3.05) is 26.9 Å². The third-order valence-corrected chi connectivity index (χ3v) is 3.57. The Kier molecular flexibility index (Phi) is 7.16. The van der Waals surface area contributed by atoms with Crippen LogP contribution >= 0.6 is 0 Å². The molecule has 0 fully saturated rings. The number of nitriles is 1. The van der Waals surface area contributed by atoms with Crippen LogP contribution in [0.4, 0.5) is 5.69 Å². The summed E-state index contributed by atoms with van der Waals surface area (Å²) in [6.07, 6.45) is 0. The van der Waals surface area contributed by atoms with Gasteiger partial charge in [0.25, 0.3) is 5.69 Å². The van der Waals surface area contributed by atoms with Gasteiger partial charge in [-0.25, -0.2) is 4.79 Å². The van der Waals surface area contributed by atoms with Gasteiger partial charge in [-0.1, -0.05) is 0 Å². The first-order valence-corrected chi connectivity index (χ1v) is 8.29. The van der Waals surface area contributed by atoms with Crippen LogP contribution in [0.1, 0.15) is 22.8 Å². The molecule has 0 aliphatic heterocycles. The van der Waals surface area contributed by atoms with Crippen LogP contribution in [-0.4, -0.2) is 37.8 Å². The molecule has 0 saturated carbocycles. The molecule has 0 aliphatic rings. The van der Waals surface area contributed by atoms with E-state index in [9.17, 15) is 14.9 Å². The first kappa shape index (κ1) is 20.5. The minimum Gasteiger partial charge on any atom is -0.493 e. The lowest BCUT2D eigenvalue weighted by atomic mass is 10.1. The van der Waals surface area contributed by atoms with Crippen molar-refractivity contribution < 1.29 is 28.7 Å². The molecule has 0 unspecified atom stereocenters. The van der Waals surface area contributed by atoms with Crippen LogP contribution in [0.5, 0.6) is 17.2 Å². The van der Waals surface area contributed by atoms with Crippen molar-refractivity contribution in [1.82, 2.24) is 0 Å².